The molecule has 0 radical (unpaired) electrons. The maximum absolute atomic E-state index is 14.1. The van der Waals surface area contributed by atoms with E-state index < -0.39 is 23.8 Å². The van der Waals surface area contributed by atoms with Crippen molar-refractivity contribution in [2.24, 2.45) is 0 Å². The van der Waals surface area contributed by atoms with Gasteiger partial charge in [0.1, 0.15) is 23.4 Å². The van der Waals surface area contributed by atoms with Crippen molar-refractivity contribution in [3.05, 3.63) is 29.8 Å². The van der Waals surface area contributed by atoms with Gasteiger partial charge in [-0.15, -0.1) is 0 Å². The highest BCUT2D eigenvalue weighted by atomic mass is 32.2. The van der Waals surface area contributed by atoms with E-state index in [9.17, 15) is 19.5 Å². The van der Waals surface area contributed by atoms with Crippen LogP contribution in [0.3, 0.4) is 0 Å². The van der Waals surface area contributed by atoms with E-state index in [1.165, 1.54) is 11.0 Å². The van der Waals surface area contributed by atoms with Crippen molar-refractivity contribution >= 4 is 29.7 Å². The third-order valence-corrected chi connectivity index (χ3v) is 6.40. The fraction of sp³-hybridized carbons (Fsp3) is 0.679. The van der Waals surface area contributed by atoms with E-state index in [1.807, 2.05) is 13.2 Å². The Bertz CT molecular complexity index is 843. The zero-order chi connectivity index (χ0) is 27.8. The maximum Gasteiger partial charge on any atom is 0.408 e. The third-order valence-electron chi connectivity index (χ3n) is 5.76. The van der Waals surface area contributed by atoms with Crippen LogP contribution < -0.4 is 10.6 Å². The number of para-hydroxylation sites is 1. The molecule has 210 valence electrons. The first kappa shape index (κ1) is 32.6. The van der Waals surface area contributed by atoms with E-state index in [4.69, 9.17) is 4.74 Å². The van der Waals surface area contributed by atoms with Crippen molar-refractivity contribution in [1.29, 1.82) is 0 Å². The Hall–Kier alpha value is -2.42. The van der Waals surface area contributed by atoms with Crippen molar-refractivity contribution in [1.82, 2.24) is 15.5 Å². The molecular formula is C28H47N3O5S. The average Bonchev–Trinajstić information content (AvgIpc) is 2.83. The number of carbonyl (C=O) groups is 3. The lowest BCUT2D eigenvalue weighted by molar-refractivity contribution is -0.142. The maximum atomic E-state index is 14.1. The Labute approximate surface area is 227 Å². The number of unbranched alkanes of at least 4 members (excludes halogenated alkanes) is 4. The molecule has 0 aliphatic heterocycles. The Morgan fingerprint density at radius 2 is 1.73 bits per heavy atom. The number of aromatic hydroxyl groups is 1. The second-order valence-corrected chi connectivity index (χ2v) is 11.2. The standard InChI is InChI=1S/C28H47N3O5S/c1-7-9-11-14-19-31(26(34)22(17-20-37-6)30-27(35)36-28(3,4)5)24(25(33)29-18-10-8-2)21-15-12-13-16-23(21)32/h12-13,15-16,22,24,32H,7-11,14,17-20H2,1-6H3,(H,29,33)(H,30,35). The number of hydrogen-bond acceptors (Lipinski definition) is 6. The lowest BCUT2D eigenvalue weighted by atomic mass is 10.0. The van der Waals surface area contributed by atoms with Gasteiger partial charge < -0.3 is 25.4 Å². The predicted molar refractivity (Wildman–Crippen MR) is 151 cm³/mol. The van der Waals surface area contributed by atoms with Gasteiger partial charge in [0.25, 0.3) is 0 Å². The molecule has 0 saturated heterocycles. The fourth-order valence-corrected chi connectivity index (χ4v) is 4.34. The number of benzene rings is 1. The number of thioether (sulfide) groups is 1. The summed E-state index contributed by atoms with van der Waals surface area (Å²) in [6.45, 7) is 10.2. The summed E-state index contributed by atoms with van der Waals surface area (Å²) in [7, 11) is 0. The molecular weight excluding hydrogens is 490 g/mol. The van der Waals surface area contributed by atoms with Gasteiger partial charge in [0.2, 0.25) is 11.8 Å². The summed E-state index contributed by atoms with van der Waals surface area (Å²) in [5.74, 6) is -0.125. The van der Waals surface area contributed by atoms with Gasteiger partial charge in [-0.05, 0) is 58.1 Å². The van der Waals surface area contributed by atoms with Crippen LogP contribution in [0.15, 0.2) is 24.3 Å². The molecule has 3 N–H and O–H groups in total. The molecule has 1 aromatic carbocycles. The monoisotopic (exact) mass is 537 g/mol. The molecule has 2 atom stereocenters. The summed E-state index contributed by atoms with van der Waals surface area (Å²) in [5, 5.41) is 16.4. The highest BCUT2D eigenvalue weighted by molar-refractivity contribution is 7.98. The Balaban J connectivity index is 3.42. The first-order valence-electron chi connectivity index (χ1n) is 13.4. The lowest BCUT2D eigenvalue weighted by Crippen LogP contribution is -2.53. The Morgan fingerprint density at radius 1 is 1.05 bits per heavy atom. The quantitative estimate of drug-likeness (QED) is 0.244. The molecule has 0 saturated carbocycles. The van der Waals surface area contributed by atoms with Crippen LogP contribution >= 0.6 is 11.8 Å². The normalized spacial score (nSPS) is 12.9. The molecule has 1 rings (SSSR count). The smallest absolute Gasteiger partial charge is 0.408 e. The van der Waals surface area contributed by atoms with Gasteiger partial charge in [0.15, 0.2) is 0 Å². The highest BCUT2D eigenvalue weighted by Gasteiger charge is 2.37. The van der Waals surface area contributed by atoms with Gasteiger partial charge >= 0.3 is 6.09 Å². The number of rotatable bonds is 16. The minimum atomic E-state index is -1.02. The third kappa shape index (κ3) is 12.1. The Morgan fingerprint density at radius 3 is 2.32 bits per heavy atom. The minimum Gasteiger partial charge on any atom is -0.508 e. The number of carbonyl (C=O) groups excluding carboxylic acids is 3. The molecule has 1 aromatic rings. The molecule has 0 spiro atoms. The van der Waals surface area contributed by atoms with Crippen molar-refractivity contribution < 1.29 is 24.2 Å². The molecule has 0 bridgehead atoms. The van der Waals surface area contributed by atoms with Crippen LogP contribution in [-0.2, 0) is 14.3 Å². The van der Waals surface area contributed by atoms with Crippen LogP contribution in [0.1, 0.15) is 91.2 Å². The van der Waals surface area contributed by atoms with Crippen molar-refractivity contribution in [3.8, 4) is 5.75 Å². The number of alkyl carbamates (subject to hydrolysis) is 1. The van der Waals surface area contributed by atoms with Crippen LogP contribution in [0.4, 0.5) is 4.79 Å². The van der Waals surface area contributed by atoms with E-state index in [1.54, 1.807) is 50.7 Å². The number of nitrogens with one attached hydrogen (secondary N) is 2. The van der Waals surface area contributed by atoms with Crippen molar-refractivity contribution in [2.45, 2.75) is 97.2 Å². The molecule has 0 aliphatic rings. The van der Waals surface area contributed by atoms with E-state index in [-0.39, 0.29) is 17.6 Å². The van der Waals surface area contributed by atoms with Crippen molar-refractivity contribution in [3.63, 3.8) is 0 Å². The van der Waals surface area contributed by atoms with Crippen LogP contribution in [0.2, 0.25) is 0 Å². The molecule has 8 nitrogen and oxygen atoms in total. The summed E-state index contributed by atoms with van der Waals surface area (Å²) in [4.78, 5) is 41.7. The first-order chi connectivity index (χ1) is 17.6. The van der Waals surface area contributed by atoms with Gasteiger partial charge in [0, 0.05) is 18.7 Å². The van der Waals surface area contributed by atoms with Gasteiger partial charge in [-0.3, -0.25) is 9.59 Å². The number of ether oxygens (including phenoxy) is 1. The zero-order valence-electron chi connectivity index (χ0n) is 23.5. The first-order valence-corrected chi connectivity index (χ1v) is 14.8. The van der Waals surface area contributed by atoms with Crippen LogP contribution in [0, 0.1) is 0 Å². The molecule has 3 amide bonds. The number of hydrogen-bond donors (Lipinski definition) is 3. The summed E-state index contributed by atoms with van der Waals surface area (Å²) < 4.78 is 5.42. The molecule has 9 heteroatoms. The summed E-state index contributed by atoms with van der Waals surface area (Å²) >= 11 is 1.57. The lowest BCUT2D eigenvalue weighted by Gasteiger charge is -2.35. The van der Waals surface area contributed by atoms with Crippen LogP contribution in [0.5, 0.6) is 5.75 Å². The summed E-state index contributed by atoms with van der Waals surface area (Å²) in [5.41, 5.74) is -0.351. The van der Waals surface area contributed by atoms with E-state index in [0.29, 0.717) is 37.2 Å². The van der Waals surface area contributed by atoms with Gasteiger partial charge in [-0.2, -0.15) is 11.8 Å². The highest BCUT2D eigenvalue weighted by Crippen LogP contribution is 2.30. The number of nitrogens with zero attached hydrogens (tertiary/aromatic N) is 1. The molecule has 0 fully saturated rings. The second-order valence-electron chi connectivity index (χ2n) is 10.2. The topological polar surface area (TPSA) is 108 Å². The zero-order valence-corrected chi connectivity index (χ0v) is 24.3. The minimum absolute atomic E-state index is 0.0507. The van der Waals surface area contributed by atoms with Crippen molar-refractivity contribution in [2.75, 3.05) is 25.1 Å². The molecule has 0 aromatic heterocycles. The van der Waals surface area contributed by atoms with E-state index >= 15 is 0 Å². The fourth-order valence-electron chi connectivity index (χ4n) is 3.87. The molecule has 2 unspecified atom stereocenters. The number of amides is 3. The van der Waals surface area contributed by atoms with E-state index in [0.717, 1.165) is 32.1 Å². The van der Waals surface area contributed by atoms with Gasteiger partial charge in [-0.25, -0.2) is 4.79 Å². The Kier molecular flexibility index (Phi) is 15.1. The largest absolute Gasteiger partial charge is 0.508 e. The van der Waals surface area contributed by atoms with E-state index in [2.05, 4.69) is 17.6 Å². The predicted octanol–water partition coefficient (Wildman–Crippen LogP) is 5.40. The van der Waals surface area contributed by atoms with Gasteiger partial charge in [0.05, 0.1) is 0 Å². The average molecular weight is 538 g/mol. The molecule has 0 heterocycles. The SMILES string of the molecule is CCCCCCN(C(=O)C(CCSC)NC(=O)OC(C)(C)C)C(C(=O)NCCCC)c1ccccc1O. The van der Waals surface area contributed by atoms with Crippen LogP contribution in [-0.4, -0.2) is 64.7 Å². The molecule has 0 aliphatic carbocycles. The summed E-state index contributed by atoms with van der Waals surface area (Å²) in [6, 6.07) is 4.72. The number of phenols is 1. The summed E-state index contributed by atoms with van der Waals surface area (Å²) in [6.07, 6.45) is 7.01. The van der Waals surface area contributed by atoms with Gasteiger partial charge in [-0.1, -0.05) is 57.7 Å². The number of phenolic OH excluding ortho intramolecular Hbond substituents is 1. The molecule has 37 heavy (non-hydrogen) atoms. The second kappa shape index (κ2) is 17.2. The van der Waals surface area contributed by atoms with Crippen LogP contribution in [0.25, 0.3) is 0 Å².